The van der Waals surface area contributed by atoms with Crippen LogP contribution in [-0.4, -0.2) is 30.1 Å². The third kappa shape index (κ3) is 4.29. The van der Waals surface area contributed by atoms with E-state index in [2.05, 4.69) is 0 Å². The van der Waals surface area contributed by atoms with Crippen LogP contribution in [0.1, 0.15) is 10.4 Å². The maximum atomic E-state index is 13.3. The van der Waals surface area contributed by atoms with E-state index in [1.807, 2.05) is 5.92 Å². The van der Waals surface area contributed by atoms with Crippen LogP contribution < -0.4 is 0 Å². The number of nitrogens with zero attached hydrogens (tertiary/aromatic N) is 1. The van der Waals surface area contributed by atoms with Gasteiger partial charge in [0.05, 0.1) is 22.2 Å². The quantitative estimate of drug-likeness (QED) is 0.470. The third-order valence-corrected chi connectivity index (χ3v) is 2.78. The van der Waals surface area contributed by atoms with Gasteiger partial charge in [-0.1, -0.05) is 29.1 Å². The standard InChI is InChI=1S/C12H7Cl2F4NO/c1-2-3-19(6-12(16,17)18)11(20)7-4-10(15)9(14)5-8(7)13/h1,4-5H,3,6H2. The van der Waals surface area contributed by atoms with Crippen molar-refractivity contribution in [1.82, 2.24) is 4.90 Å². The van der Waals surface area contributed by atoms with E-state index in [-0.39, 0.29) is 10.0 Å². The Balaban J connectivity index is 3.13. The van der Waals surface area contributed by atoms with E-state index in [1.165, 1.54) is 0 Å². The summed E-state index contributed by atoms with van der Waals surface area (Å²) in [7, 11) is 0. The highest BCUT2D eigenvalue weighted by molar-refractivity contribution is 6.36. The maximum Gasteiger partial charge on any atom is 0.406 e. The number of alkyl halides is 3. The molecule has 0 radical (unpaired) electrons. The first-order valence-corrected chi connectivity index (χ1v) is 5.85. The zero-order valence-corrected chi connectivity index (χ0v) is 11.3. The first kappa shape index (κ1) is 16.6. The van der Waals surface area contributed by atoms with Crippen molar-refractivity contribution in [3.63, 3.8) is 0 Å². The van der Waals surface area contributed by atoms with Gasteiger partial charge in [0.2, 0.25) is 0 Å². The summed E-state index contributed by atoms with van der Waals surface area (Å²) in [6.45, 7) is -2.14. The van der Waals surface area contributed by atoms with Crippen LogP contribution in [-0.2, 0) is 0 Å². The van der Waals surface area contributed by atoms with Crippen LogP contribution in [0.4, 0.5) is 17.6 Å². The Morgan fingerprint density at radius 1 is 1.30 bits per heavy atom. The molecule has 0 aromatic heterocycles. The molecule has 0 bridgehead atoms. The summed E-state index contributed by atoms with van der Waals surface area (Å²) in [6, 6.07) is 1.61. The second-order valence-electron chi connectivity index (χ2n) is 3.73. The predicted octanol–water partition coefficient (Wildman–Crippen LogP) is 3.77. The Morgan fingerprint density at radius 3 is 2.40 bits per heavy atom. The van der Waals surface area contributed by atoms with Crippen LogP contribution in [0, 0.1) is 18.2 Å². The van der Waals surface area contributed by atoms with Gasteiger partial charge in [-0.3, -0.25) is 4.79 Å². The van der Waals surface area contributed by atoms with Crippen molar-refractivity contribution in [1.29, 1.82) is 0 Å². The minimum absolute atomic E-state index is 0.259. The summed E-state index contributed by atoms with van der Waals surface area (Å²) < 4.78 is 50.4. The lowest BCUT2D eigenvalue weighted by atomic mass is 10.2. The number of rotatable bonds is 3. The van der Waals surface area contributed by atoms with Gasteiger partial charge in [0.15, 0.2) is 0 Å². The van der Waals surface area contributed by atoms with Crippen molar-refractivity contribution in [3.05, 3.63) is 33.6 Å². The van der Waals surface area contributed by atoms with Crippen molar-refractivity contribution in [3.8, 4) is 12.3 Å². The fourth-order valence-corrected chi connectivity index (χ4v) is 1.85. The van der Waals surface area contributed by atoms with Crippen LogP contribution >= 0.6 is 23.2 Å². The highest BCUT2D eigenvalue weighted by Crippen LogP contribution is 2.26. The summed E-state index contributed by atoms with van der Waals surface area (Å²) in [6.07, 6.45) is 0.282. The molecular weight excluding hydrogens is 321 g/mol. The van der Waals surface area contributed by atoms with E-state index in [1.54, 1.807) is 0 Å². The number of hydrogen-bond donors (Lipinski definition) is 0. The summed E-state index contributed by atoms with van der Waals surface area (Å²) in [5, 5.41) is -0.600. The molecule has 108 valence electrons. The van der Waals surface area contributed by atoms with Crippen molar-refractivity contribution in [2.75, 3.05) is 13.1 Å². The second-order valence-corrected chi connectivity index (χ2v) is 4.54. The molecule has 0 unspecified atom stereocenters. The normalized spacial score (nSPS) is 11.1. The summed E-state index contributed by atoms with van der Waals surface area (Å²) >= 11 is 11.1. The lowest BCUT2D eigenvalue weighted by Gasteiger charge is -2.22. The number of carbonyl (C=O) groups excluding carboxylic acids is 1. The van der Waals surface area contributed by atoms with E-state index in [0.29, 0.717) is 11.0 Å². The molecule has 2 nitrogen and oxygen atoms in total. The SMILES string of the molecule is C#CCN(CC(F)(F)F)C(=O)c1cc(F)c(Cl)cc1Cl. The summed E-state index contributed by atoms with van der Waals surface area (Å²) in [4.78, 5) is 12.3. The number of terminal acetylenes is 1. The van der Waals surface area contributed by atoms with Crippen LogP contribution in [0.25, 0.3) is 0 Å². The first-order valence-electron chi connectivity index (χ1n) is 5.09. The van der Waals surface area contributed by atoms with Gasteiger partial charge >= 0.3 is 6.18 Å². The van der Waals surface area contributed by atoms with Gasteiger partial charge < -0.3 is 4.90 Å². The number of benzene rings is 1. The topological polar surface area (TPSA) is 20.3 Å². The minimum Gasteiger partial charge on any atom is -0.318 e. The van der Waals surface area contributed by atoms with Crippen molar-refractivity contribution in [2.45, 2.75) is 6.18 Å². The van der Waals surface area contributed by atoms with Crippen LogP contribution in [0.15, 0.2) is 12.1 Å². The van der Waals surface area contributed by atoms with Crippen molar-refractivity contribution < 1.29 is 22.4 Å². The smallest absolute Gasteiger partial charge is 0.318 e. The highest BCUT2D eigenvalue weighted by atomic mass is 35.5. The molecule has 0 aliphatic rings. The second kappa shape index (κ2) is 6.33. The van der Waals surface area contributed by atoms with Gasteiger partial charge in [0.1, 0.15) is 12.4 Å². The average molecular weight is 328 g/mol. The van der Waals surface area contributed by atoms with Gasteiger partial charge in [0, 0.05) is 0 Å². The molecule has 20 heavy (non-hydrogen) atoms. The van der Waals surface area contributed by atoms with E-state index in [4.69, 9.17) is 29.6 Å². The molecule has 0 atom stereocenters. The fourth-order valence-electron chi connectivity index (χ4n) is 1.38. The molecule has 1 amide bonds. The zero-order chi connectivity index (χ0) is 15.5. The highest BCUT2D eigenvalue weighted by Gasteiger charge is 2.33. The monoisotopic (exact) mass is 327 g/mol. The predicted molar refractivity (Wildman–Crippen MR) is 67.2 cm³/mol. The molecule has 1 rings (SSSR count). The lowest BCUT2D eigenvalue weighted by molar-refractivity contribution is -0.139. The Hall–Kier alpha value is -1.45. The van der Waals surface area contributed by atoms with Gasteiger partial charge in [-0.25, -0.2) is 4.39 Å². The summed E-state index contributed by atoms with van der Waals surface area (Å²) in [5.74, 6) is -0.161. The first-order chi connectivity index (χ1) is 9.15. The molecule has 1 aromatic carbocycles. The van der Waals surface area contributed by atoms with Crippen LogP contribution in [0.3, 0.4) is 0 Å². The molecule has 1 aromatic rings. The molecule has 8 heteroatoms. The fraction of sp³-hybridized carbons (Fsp3) is 0.250. The largest absolute Gasteiger partial charge is 0.406 e. The van der Waals surface area contributed by atoms with E-state index in [0.717, 1.165) is 6.07 Å². The lowest BCUT2D eigenvalue weighted by Crippen LogP contribution is -2.39. The Labute approximate surface area is 122 Å². The van der Waals surface area contributed by atoms with Gasteiger partial charge in [-0.2, -0.15) is 13.2 Å². The average Bonchev–Trinajstić information content (AvgIpc) is 2.31. The molecule has 0 N–H and O–H groups in total. The van der Waals surface area contributed by atoms with E-state index in [9.17, 15) is 22.4 Å². The number of carbonyl (C=O) groups is 1. The van der Waals surface area contributed by atoms with Crippen molar-refractivity contribution >= 4 is 29.1 Å². The molecule has 0 aliphatic carbocycles. The number of hydrogen-bond acceptors (Lipinski definition) is 1. The Bertz CT molecular complexity index is 566. The Morgan fingerprint density at radius 2 is 1.90 bits per heavy atom. The van der Waals surface area contributed by atoms with Gasteiger partial charge in [0.25, 0.3) is 5.91 Å². The van der Waals surface area contributed by atoms with E-state index >= 15 is 0 Å². The maximum absolute atomic E-state index is 13.3. The molecule has 0 saturated heterocycles. The molecule has 0 heterocycles. The zero-order valence-electron chi connectivity index (χ0n) is 9.77. The molecule has 0 fully saturated rings. The molecule has 0 aliphatic heterocycles. The minimum atomic E-state index is -4.63. The molecule has 0 spiro atoms. The number of halogens is 6. The van der Waals surface area contributed by atoms with E-state index < -0.39 is 36.6 Å². The van der Waals surface area contributed by atoms with Gasteiger partial charge in [-0.15, -0.1) is 6.42 Å². The van der Waals surface area contributed by atoms with Gasteiger partial charge in [-0.05, 0) is 12.1 Å². The molecular formula is C12H7Cl2F4NO. The third-order valence-electron chi connectivity index (χ3n) is 2.18. The van der Waals surface area contributed by atoms with Crippen molar-refractivity contribution in [2.24, 2.45) is 0 Å². The Kier molecular flexibility index (Phi) is 5.26. The van der Waals surface area contributed by atoms with Crippen LogP contribution in [0.5, 0.6) is 0 Å². The van der Waals surface area contributed by atoms with Crippen LogP contribution in [0.2, 0.25) is 10.0 Å². The molecule has 0 saturated carbocycles. The summed E-state index contributed by atoms with van der Waals surface area (Å²) in [5.41, 5.74) is -0.437. The number of amides is 1.